The van der Waals surface area contributed by atoms with Gasteiger partial charge in [-0.3, -0.25) is 4.48 Å². The first-order valence-corrected chi connectivity index (χ1v) is 5.54. The van der Waals surface area contributed by atoms with E-state index in [1.165, 1.54) is 0 Å². The molecule has 0 aromatic carbocycles. The zero-order valence-electron chi connectivity index (χ0n) is 10.3. The molecule has 0 bridgehead atoms. The second kappa shape index (κ2) is 3.76. The molecule has 4 heteroatoms. The van der Waals surface area contributed by atoms with Crippen molar-refractivity contribution in [2.24, 2.45) is 0 Å². The number of hydrogen-bond donors (Lipinski definition) is 1. The number of carbonyl (C=O) groups is 1. The average Bonchev–Trinajstić information content (AvgIpc) is 1.99. The molecule has 0 radical (unpaired) electrons. The van der Waals surface area contributed by atoms with Crippen LogP contribution in [0.2, 0.25) is 0 Å². The lowest BCUT2D eigenvalue weighted by Gasteiger charge is -2.53. The van der Waals surface area contributed by atoms with Crippen LogP contribution in [0.25, 0.3) is 0 Å². The summed E-state index contributed by atoms with van der Waals surface area (Å²) in [7, 11) is 0. The van der Waals surface area contributed by atoms with Crippen molar-refractivity contribution < 1.29 is 14.4 Å². The van der Waals surface area contributed by atoms with Crippen molar-refractivity contribution >= 4 is 6.09 Å². The van der Waals surface area contributed by atoms with Crippen molar-refractivity contribution in [2.45, 2.75) is 52.2 Å². The molecule has 15 heavy (non-hydrogen) atoms. The van der Waals surface area contributed by atoms with Crippen molar-refractivity contribution in [3.05, 3.63) is 0 Å². The normalized spacial score (nSPS) is 37.7. The van der Waals surface area contributed by atoms with Crippen LogP contribution in [0.4, 0.5) is 4.79 Å². The quantitative estimate of drug-likeness (QED) is 0.591. The van der Waals surface area contributed by atoms with Crippen molar-refractivity contribution in [1.82, 2.24) is 5.32 Å². The van der Waals surface area contributed by atoms with Crippen LogP contribution in [-0.2, 0) is 0 Å². The highest BCUT2D eigenvalue weighted by Crippen LogP contribution is 2.28. The molecule has 1 heterocycles. The number of nitrogens with one attached hydrogen (secondary N) is 1. The van der Waals surface area contributed by atoms with Crippen molar-refractivity contribution in [3.63, 3.8) is 0 Å². The van der Waals surface area contributed by atoms with Gasteiger partial charge in [-0.05, 0) is 34.6 Å². The number of rotatable bonds is 0. The Morgan fingerprint density at radius 1 is 1.27 bits per heavy atom. The first kappa shape index (κ1) is 12.5. The summed E-state index contributed by atoms with van der Waals surface area (Å²) in [5.74, 6) is 0. The van der Waals surface area contributed by atoms with E-state index in [0.717, 1.165) is 0 Å². The van der Waals surface area contributed by atoms with Gasteiger partial charge < -0.3 is 15.2 Å². The minimum absolute atomic E-state index is 0.0440. The van der Waals surface area contributed by atoms with Crippen LogP contribution in [0.1, 0.15) is 34.6 Å². The van der Waals surface area contributed by atoms with Crippen LogP contribution in [0.15, 0.2) is 0 Å². The van der Waals surface area contributed by atoms with E-state index in [1.807, 2.05) is 34.6 Å². The van der Waals surface area contributed by atoms with Gasteiger partial charge in [0, 0.05) is 0 Å². The average molecular weight is 214 g/mol. The molecule has 1 rings (SSSR count). The van der Waals surface area contributed by atoms with E-state index in [9.17, 15) is 9.90 Å². The van der Waals surface area contributed by atoms with Crippen LogP contribution < -0.4 is 10.4 Å². The standard InChI is InChI=1S/C11H22N2O2/c1-8-6-13(10(14)15,11(3,4)5)7-9(2)12-8/h8-9,12H,6-7H2,1-5H3/t8-,9+,13?. The maximum absolute atomic E-state index is 11.4. The van der Waals surface area contributed by atoms with E-state index in [0.29, 0.717) is 13.1 Å². The molecule has 0 spiro atoms. The lowest BCUT2D eigenvalue weighted by Crippen LogP contribution is -2.76. The van der Waals surface area contributed by atoms with Crippen LogP contribution in [0.5, 0.6) is 0 Å². The van der Waals surface area contributed by atoms with Crippen molar-refractivity contribution in [2.75, 3.05) is 13.1 Å². The molecular weight excluding hydrogens is 192 g/mol. The third-order valence-corrected chi connectivity index (χ3v) is 3.37. The summed E-state index contributed by atoms with van der Waals surface area (Å²) in [6.45, 7) is 11.1. The van der Waals surface area contributed by atoms with E-state index in [1.54, 1.807) is 0 Å². The Labute approximate surface area is 91.9 Å². The first-order valence-electron chi connectivity index (χ1n) is 5.54. The predicted octanol–water partition coefficient (Wildman–Crippen LogP) is 0.325. The Bertz CT molecular complexity index is 248. The molecule has 88 valence electrons. The number of nitrogens with zero attached hydrogens (tertiary/aromatic N) is 1. The molecule has 1 N–H and O–H groups in total. The SMILES string of the molecule is C[C@@H]1C[N+](C(=O)[O-])(C(C)(C)C)C[C@H](C)N1. The number of piperazine rings is 1. The largest absolute Gasteiger partial charge is 0.498 e. The minimum Gasteiger partial charge on any atom is -0.498 e. The highest BCUT2D eigenvalue weighted by molar-refractivity contribution is 5.55. The van der Waals surface area contributed by atoms with Gasteiger partial charge in [-0.15, -0.1) is 0 Å². The monoisotopic (exact) mass is 214 g/mol. The highest BCUT2D eigenvalue weighted by Gasteiger charge is 2.47. The summed E-state index contributed by atoms with van der Waals surface area (Å²) >= 11 is 0. The highest BCUT2D eigenvalue weighted by atomic mass is 16.4. The number of carbonyl (C=O) groups excluding carboxylic acids is 1. The number of hydrogen-bond acceptors (Lipinski definition) is 3. The minimum atomic E-state index is -0.956. The van der Waals surface area contributed by atoms with Gasteiger partial charge in [0.2, 0.25) is 0 Å². The van der Waals surface area contributed by atoms with Crippen LogP contribution in [0, 0.1) is 0 Å². The lowest BCUT2D eigenvalue weighted by molar-refractivity contribution is -0.925. The zero-order chi connectivity index (χ0) is 11.9. The Morgan fingerprint density at radius 3 is 1.93 bits per heavy atom. The molecule has 0 saturated carbocycles. The molecule has 1 fully saturated rings. The van der Waals surface area contributed by atoms with Gasteiger partial charge in [-0.25, -0.2) is 0 Å². The molecular formula is C11H22N2O2. The number of amides is 1. The third kappa shape index (κ3) is 2.16. The molecule has 0 aliphatic carbocycles. The van der Waals surface area contributed by atoms with Crippen molar-refractivity contribution in [3.8, 4) is 0 Å². The van der Waals surface area contributed by atoms with E-state index < -0.39 is 6.09 Å². The lowest BCUT2D eigenvalue weighted by atomic mass is 9.96. The smallest absolute Gasteiger partial charge is 0.257 e. The maximum Gasteiger partial charge on any atom is 0.257 e. The van der Waals surface area contributed by atoms with Gasteiger partial charge in [0.25, 0.3) is 6.09 Å². The van der Waals surface area contributed by atoms with E-state index in [4.69, 9.17) is 0 Å². The summed E-state index contributed by atoms with van der Waals surface area (Å²) in [6.07, 6.45) is -0.956. The molecule has 0 aromatic heterocycles. The van der Waals surface area contributed by atoms with E-state index >= 15 is 0 Å². The fourth-order valence-corrected chi connectivity index (χ4v) is 2.57. The van der Waals surface area contributed by atoms with E-state index in [2.05, 4.69) is 5.32 Å². The Morgan fingerprint density at radius 2 is 1.67 bits per heavy atom. The third-order valence-electron chi connectivity index (χ3n) is 3.37. The van der Waals surface area contributed by atoms with Gasteiger partial charge in [-0.1, -0.05) is 0 Å². The fourth-order valence-electron chi connectivity index (χ4n) is 2.57. The van der Waals surface area contributed by atoms with Gasteiger partial charge >= 0.3 is 0 Å². The summed E-state index contributed by atoms with van der Waals surface area (Å²) in [5, 5.41) is 14.8. The molecule has 1 amide bonds. The topological polar surface area (TPSA) is 52.2 Å². The van der Waals surface area contributed by atoms with Crippen LogP contribution in [0.3, 0.4) is 0 Å². The Kier molecular flexibility index (Phi) is 3.12. The van der Waals surface area contributed by atoms with Crippen LogP contribution in [-0.4, -0.2) is 41.3 Å². The second-order valence-corrected chi connectivity index (χ2v) is 5.74. The second-order valence-electron chi connectivity index (χ2n) is 5.74. The van der Waals surface area contributed by atoms with Crippen LogP contribution >= 0.6 is 0 Å². The summed E-state index contributed by atoms with van der Waals surface area (Å²) in [5.41, 5.74) is -0.316. The Hall–Kier alpha value is -0.610. The van der Waals surface area contributed by atoms with Crippen molar-refractivity contribution in [1.29, 1.82) is 0 Å². The molecule has 1 aliphatic rings. The summed E-state index contributed by atoms with van der Waals surface area (Å²) in [4.78, 5) is 11.4. The molecule has 1 saturated heterocycles. The van der Waals surface area contributed by atoms with Gasteiger partial charge in [0.15, 0.2) is 0 Å². The number of carboxylic acid groups (broad SMARTS) is 1. The molecule has 4 nitrogen and oxygen atoms in total. The molecule has 1 unspecified atom stereocenters. The fraction of sp³-hybridized carbons (Fsp3) is 0.909. The van der Waals surface area contributed by atoms with Gasteiger partial charge in [-0.2, -0.15) is 0 Å². The maximum atomic E-state index is 11.4. The van der Waals surface area contributed by atoms with Gasteiger partial charge in [0.05, 0.1) is 17.6 Å². The molecule has 0 aromatic rings. The first-order chi connectivity index (χ1) is 6.69. The van der Waals surface area contributed by atoms with Gasteiger partial charge in [0.1, 0.15) is 13.1 Å². The molecule has 3 atom stereocenters. The number of quaternary nitrogens is 1. The molecule has 1 aliphatic heterocycles. The zero-order valence-corrected chi connectivity index (χ0v) is 10.3. The summed E-state index contributed by atoms with van der Waals surface area (Å²) in [6, 6.07) is 0.428. The van der Waals surface area contributed by atoms with E-state index in [-0.39, 0.29) is 22.1 Å². The summed E-state index contributed by atoms with van der Waals surface area (Å²) < 4.78 is 0.0440. The predicted molar refractivity (Wildman–Crippen MR) is 57.2 cm³/mol. The Balaban J connectivity index is 3.06.